The molecule has 1 unspecified atom stereocenters. The standard InChI is InChI=1S/C16H30N2/c1-12(2)9-15-10-18(8-7-17-15)11-16(13-3-4-13)14-5-6-14/h12-17H,3-11H2,1-2H3. The predicted molar refractivity (Wildman–Crippen MR) is 76.6 cm³/mol. The van der Waals surface area contributed by atoms with Crippen LogP contribution in [0.25, 0.3) is 0 Å². The van der Waals surface area contributed by atoms with Gasteiger partial charge in [0.15, 0.2) is 0 Å². The van der Waals surface area contributed by atoms with Crippen LogP contribution in [-0.2, 0) is 0 Å². The number of nitrogens with zero attached hydrogens (tertiary/aromatic N) is 1. The van der Waals surface area contributed by atoms with Gasteiger partial charge in [0.05, 0.1) is 0 Å². The second-order valence-electron chi connectivity index (χ2n) is 7.38. The van der Waals surface area contributed by atoms with E-state index in [9.17, 15) is 0 Å². The van der Waals surface area contributed by atoms with Gasteiger partial charge in [0, 0.05) is 32.2 Å². The molecule has 0 aromatic carbocycles. The molecule has 0 spiro atoms. The molecule has 18 heavy (non-hydrogen) atoms. The Morgan fingerprint density at radius 3 is 2.33 bits per heavy atom. The maximum atomic E-state index is 3.70. The molecular weight excluding hydrogens is 220 g/mol. The third-order valence-corrected chi connectivity index (χ3v) is 5.02. The van der Waals surface area contributed by atoms with Crippen molar-refractivity contribution >= 4 is 0 Å². The monoisotopic (exact) mass is 250 g/mol. The van der Waals surface area contributed by atoms with Gasteiger partial charge in [-0.1, -0.05) is 13.8 Å². The highest BCUT2D eigenvalue weighted by Crippen LogP contribution is 2.49. The van der Waals surface area contributed by atoms with Crippen molar-refractivity contribution in [2.24, 2.45) is 23.7 Å². The van der Waals surface area contributed by atoms with Crippen LogP contribution in [0.3, 0.4) is 0 Å². The minimum absolute atomic E-state index is 0.748. The Bertz CT molecular complexity index is 256. The molecule has 2 saturated carbocycles. The summed E-state index contributed by atoms with van der Waals surface area (Å²) in [5.41, 5.74) is 0. The van der Waals surface area contributed by atoms with Crippen molar-refractivity contribution in [2.45, 2.75) is 52.0 Å². The van der Waals surface area contributed by atoms with E-state index in [0.29, 0.717) is 0 Å². The van der Waals surface area contributed by atoms with E-state index >= 15 is 0 Å². The summed E-state index contributed by atoms with van der Waals surface area (Å²) < 4.78 is 0. The highest BCUT2D eigenvalue weighted by molar-refractivity contribution is 4.94. The van der Waals surface area contributed by atoms with Gasteiger partial charge in [-0.25, -0.2) is 0 Å². The van der Waals surface area contributed by atoms with Gasteiger partial charge in [0.1, 0.15) is 0 Å². The lowest BCUT2D eigenvalue weighted by atomic mass is 9.95. The quantitative estimate of drug-likeness (QED) is 0.780. The highest BCUT2D eigenvalue weighted by atomic mass is 15.2. The Labute approximate surface area is 113 Å². The predicted octanol–water partition coefficient (Wildman–Crippen LogP) is 2.74. The molecule has 1 saturated heterocycles. The minimum atomic E-state index is 0.748. The van der Waals surface area contributed by atoms with E-state index in [0.717, 1.165) is 29.7 Å². The van der Waals surface area contributed by atoms with Crippen molar-refractivity contribution in [2.75, 3.05) is 26.2 Å². The molecule has 3 rings (SSSR count). The molecule has 2 aliphatic carbocycles. The van der Waals surface area contributed by atoms with Crippen molar-refractivity contribution < 1.29 is 0 Å². The molecule has 3 aliphatic rings. The Kier molecular flexibility index (Phi) is 3.95. The van der Waals surface area contributed by atoms with E-state index in [-0.39, 0.29) is 0 Å². The second-order valence-corrected chi connectivity index (χ2v) is 7.38. The SMILES string of the molecule is CC(C)CC1CN(CC(C2CC2)C2CC2)CCN1. The van der Waals surface area contributed by atoms with Crippen LogP contribution in [0.15, 0.2) is 0 Å². The van der Waals surface area contributed by atoms with E-state index in [1.54, 1.807) is 0 Å². The fraction of sp³-hybridized carbons (Fsp3) is 1.00. The molecule has 1 atom stereocenters. The number of rotatable bonds is 6. The first kappa shape index (κ1) is 12.9. The topological polar surface area (TPSA) is 15.3 Å². The molecule has 3 fully saturated rings. The fourth-order valence-electron chi connectivity index (χ4n) is 3.82. The molecule has 1 aliphatic heterocycles. The summed E-state index contributed by atoms with van der Waals surface area (Å²) in [6.07, 6.45) is 7.46. The Morgan fingerprint density at radius 2 is 1.78 bits per heavy atom. The van der Waals surface area contributed by atoms with Crippen LogP contribution in [0.4, 0.5) is 0 Å². The smallest absolute Gasteiger partial charge is 0.0198 e. The van der Waals surface area contributed by atoms with Gasteiger partial charge in [-0.2, -0.15) is 0 Å². The summed E-state index contributed by atoms with van der Waals surface area (Å²) in [5.74, 6) is 4.10. The number of nitrogens with one attached hydrogen (secondary N) is 1. The van der Waals surface area contributed by atoms with Crippen LogP contribution in [0.1, 0.15) is 46.0 Å². The Balaban J connectivity index is 1.48. The average molecular weight is 250 g/mol. The zero-order valence-corrected chi connectivity index (χ0v) is 12.2. The average Bonchev–Trinajstić information content (AvgIpc) is 3.18. The fourth-order valence-corrected chi connectivity index (χ4v) is 3.82. The van der Waals surface area contributed by atoms with Crippen LogP contribution >= 0.6 is 0 Å². The van der Waals surface area contributed by atoms with Crippen molar-refractivity contribution in [3.63, 3.8) is 0 Å². The third-order valence-electron chi connectivity index (χ3n) is 5.02. The number of piperazine rings is 1. The summed E-state index contributed by atoms with van der Waals surface area (Å²) in [6.45, 7) is 9.89. The largest absolute Gasteiger partial charge is 0.311 e. The van der Waals surface area contributed by atoms with Crippen LogP contribution in [0, 0.1) is 23.7 Å². The Morgan fingerprint density at radius 1 is 1.11 bits per heavy atom. The molecule has 0 aromatic heterocycles. The lowest BCUT2D eigenvalue weighted by Crippen LogP contribution is -2.52. The van der Waals surface area contributed by atoms with Crippen molar-refractivity contribution in [3.05, 3.63) is 0 Å². The maximum absolute atomic E-state index is 3.70. The molecule has 104 valence electrons. The Hall–Kier alpha value is -0.0800. The summed E-state index contributed by atoms with van der Waals surface area (Å²) in [7, 11) is 0. The van der Waals surface area contributed by atoms with Gasteiger partial charge >= 0.3 is 0 Å². The van der Waals surface area contributed by atoms with Gasteiger partial charge in [-0.15, -0.1) is 0 Å². The molecule has 0 bridgehead atoms. The van der Waals surface area contributed by atoms with Crippen molar-refractivity contribution in [1.82, 2.24) is 10.2 Å². The molecule has 0 aromatic rings. The first-order valence-electron chi connectivity index (χ1n) is 8.18. The van der Waals surface area contributed by atoms with Crippen molar-refractivity contribution in [1.29, 1.82) is 0 Å². The third kappa shape index (κ3) is 3.48. The van der Waals surface area contributed by atoms with E-state index < -0.39 is 0 Å². The minimum Gasteiger partial charge on any atom is -0.311 e. The van der Waals surface area contributed by atoms with Crippen LogP contribution < -0.4 is 5.32 Å². The van der Waals surface area contributed by atoms with E-state index in [1.165, 1.54) is 58.3 Å². The molecule has 2 nitrogen and oxygen atoms in total. The van der Waals surface area contributed by atoms with Gasteiger partial charge in [0.2, 0.25) is 0 Å². The second kappa shape index (κ2) is 5.50. The molecule has 1 heterocycles. The van der Waals surface area contributed by atoms with Crippen molar-refractivity contribution in [3.8, 4) is 0 Å². The zero-order valence-electron chi connectivity index (χ0n) is 12.2. The van der Waals surface area contributed by atoms with Crippen LogP contribution in [0.5, 0.6) is 0 Å². The lowest BCUT2D eigenvalue weighted by molar-refractivity contribution is 0.148. The zero-order chi connectivity index (χ0) is 12.5. The summed E-state index contributed by atoms with van der Waals surface area (Å²) in [5, 5.41) is 3.70. The summed E-state index contributed by atoms with van der Waals surface area (Å²) in [6, 6.07) is 0.748. The van der Waals surface area contributed by atoms with Gasteiger partial charge in [0.25, 0.3) is 0 Å². The highest BCUT2D eigenvalue weighted by Gasteiger charge is 2.42. The molecule has 0 amide bonds. The van der Waals surface area contributed by atoms with Gasteiger partial charge in [-0.3, -0.25) is 0 Å². The molecule has 0 radical (unpaired) electrons. The summed E-state index contributed by atoms with van der Waals surface area (Å²) >= 11 is 0. The number of hydrogen-bond donors (Lipinski definition) is 1. The van der Waals surface area contributed by atoms with E-state index in [4.69, 9.17) is 0 Å². The number of hydrogen-bond acceptors (Lipinski definition) is 2. The molecule has 1 N–H and O–H groups in total. The normalized spacial score (nSPS) is 30.3. The first-order chi connectivity index (χ1) is 8.72. The lowest BCUT2D eigenvalue weighted by Gasteiger charge is -2.36. The van der Waals surface area contributed by atoms with Crippen LogP contribution in [-0.4, -0.2) is 37.1 Å². The molecule has 2 heteroatoms. The van der Waals surface area contributed by atoms with Crippen LogP contribution in [0.2, 0.25) is 0 Å². The maximum Gasteiger partial charge on any atom is 0.0198 e. The summed E-state index contributed by atoms with van der Waals surface area (Å²) in [4.78, 5) is 2.77. The van der Waals surface area contributed by atoms with Gasteiger partial charge in [-0.05, 0) is 55.8 Å². The molecular formula is C16H30N2. The van der Waals surface area contributed by atoms with E-state index in [1.807, 2.05) is 0 Å². The first-order valence-corrected chi connectivity index (χ1v) is 8.18. The van der Waals surface area contributed by atoms with E-state index in [2.05, 4.69) is 24.1 Å². The van der Waals surface area contributed by atoms with Gasteiger partial charge < -0.3 is 10.2 Å².